The fourth-order valence-corrected chi connectivity index (χ4v) is 2.06. The molecule has 5 heteroatoms. The maximum Gasteiger partial charge on any atom is 0.138 e. The molecule has 18 heavy (non-hydrogen) atoms. The molecule has 0 atom stereocenters. The van der Waals surface area contributed by atoms with Crippen molar-refractivity contribution in [3.8, 4) is 5.75 Å². The minimum Gasteiger partial charge on any atom is -0.491 e. The smallest absolute Gasteiger partial charge is 0.138 e. The summed E-state index contributed by atoms with van der Waals surface area (Å²) >= 11 is 11.8. The number of aliphatic hydroxyl groups excluding tert-OH is 1. The molecule has 0 amide bonds. The van der Waals surface area contributed by atoms with E-state index in [0.717, 1.165) is 26.1 Å². The van der Waals surface area contributed by atoms with Crippen molar-refractivity contribution < 1.29 is 9.84 Å². The van der Waals surface area contributed by atoms with E-state index in [2.05, 4.69) is 11.8 Å². The van der Waals surface area contributed by atoms with Gasteiger partial charge in [0.05, 0.1) is 5.02 Å². The van der Waals surface area contributed by atoms with Crippen molar-refractivity contribution in [1.29, 1.82) is 0 Å². The molecule has 0 bridgehead atoms. The number of aliphatic hydroxyl groups is 1. The van der Waals surface area contributed by atoms with Crippen LogP contribution < -0.4 is 4.74 Å². The first-order chi connectivity index (χ1) is 8.67. The average molecular weight is 292 g/mol. The minimum absolute atomic E-state index is 0.223. The highest BCUT2D eigenvalue weighted by molar-refractivity contribution is 6.35. The highest BCUT2D eigenvalue weighted by atomic mass is 35.5. The lowest BCUT2D eigenvalue weighted by Crippen LogP contribution is -2.29. The van der Waals surface area contributed by atoms with Gasteiger partial charge in [0, 0.05) is 24.7 Å². The van der Waals surface area contributed by atoms with Gasteiger partial charge in [-0.15, -0.1) is 0 Å². The Bertz CT molecular complexity index is 361. The van der Waals surface area contributed by atoms with Crippen molar-refractivity contribution in [2.45, 2.75) is 13.3 Å². The quantitative estimate of drug-likeness (QED) is 0.799. The first kappa shape index (κ1) is 15.6. The van der Waals surface area contributed by atoms with E-state index in [-0.39, 0.29) is 6.61 Å². The number of rotatable bonds is 8. The summed E-state index contributed by atoms with van der Waals surface area (Å²) < 4.78 is 5.61. The van der Waals surface area contributed by atoms with Crippen molar-refractivity contribution in [2.75, 3.05) is 32.8 Å². The number of benzene rings is 1. The highest BCUT2D eigenvalue weighted by Gasteiger charge is 2.05. The van der Waals surface area contributed by atoms with Gasteiger partial charge in [0.25, 0.3) is 0 Å². The zero-order valence-corrected chi connectivity index (χ0v) is 12.0. The Morgan fingerprint density at radius 3 is 2.67 bits per heavy atom. The van der Waals surface area contributed by atoms with Crippen molar-refractivity contribution in [1.82, 2.24) is 4.90 Å². The van der Waals surface area contributed by atoms with Gasteiger partial charge in [-0.3, -0.25) is 0 Å². The van der Waals surface area contributed by atoms with E-state index >= 15 is 0 Å². The van der Waals surface area contributed by atoms with Crippen LogP contribution in [0, 0.1) is 0 Å². The van der Waals surface area contributed by atoms with Gasteiger partial charge in [-0.2, -0.15) is 0 Å². The SMILES string of the molecule is CCN(CCCO)CCOc1ccc(Cl)cc1Cl. The molecule has 0 spiro atoms. The fourth-order valence-electron chi connectivity index (χ4n) is 1.60. The van der Waals surface area contributed by atoms with Crippen LogP contribution in [-0.2, 0) is 0 Å². The standard InChI is InChI=1S/C13H19Cl2NO2/c1-2-16(6-3-8-17)7-9-18-13-5-4-11(14)10-12(13)15/h4-5,10,17H,2-3,6-9H2,1H3. The number of halogens is 2. The molecule has 0 fully saturated rings. The lowest BCUT2D eigenvalue weighted by molar-refractivity contribution is 0.195. The van der Waals surface area contributed by atoms with Crippen LogP contribution in [-0.4, -0.2) is 42.9 Å². The van der Waals surface area contributed by atoms with Crippen LogP contribution in [0.1, 0.15) is 13.3 Å². The summed E-state index contributed by atoms with van der Waals surface area (Å²) in [6.07, 6.45) is 0.787. The normalized spacial score (nSPS) is 10.9. The molecule has 1 rings (SSSR count). The minimum atomic E-state index is 0.223. The Morgan fingerprint density at radius 2 is 2.06 bits per heavy atom. The average Bonchev–Trinajstić information content (AvgIpc) is 2.36. The first-order valence-electron chi connectivity index (χ1n) is 6.08. The number of nitrogens with zero attached hydrogens (tertiary/aromatic N) is 1. The molecular formula is C13H19Cl2NO2. The van der Waals surface area contributed by atoms with E-state index < -0.39 is 0 Å². The van der Waals surface area contributed by atoms with Gasteiger partial charge in [-0.1, -0.05) is 30.1 Å². The molecule has 102 valence electrons. The Kier molecular flexibility index (Phi) is 7.44. The maximum absolute atomic E-state index is 8.79. The van der Waals surface area contributed by atoms with Crippen LogP contribution in [0.5, 0.6) is 5.75 Å². The van der Waals surface area contributed by atoms with E-state index in [9.17, 15) is 0 Å². The number of ether oxygens (including phenoxy) is 1. The molecule has 3 nitrogen and oxygen atoms in total. The number of hydrogen-bond donors (Lipinski definition) is 1. The van der Waals surface area contributed by atoms with Crippen molar-refractivity contribution in [3.63, 3.8) is 0 Å². The third kappa shape index (κ3) is 5.44. The van der Waals surface area contributed by atoms with Gasteiger partial charge >= 0.3 is 0 Å². The predicted octanol–water partition coefficient (Wildman–Crippen LogP) is 3.08. The summed E-state index contributed by atoms with van der Waals surface area (Å²) in [6.45, 7) is 5.52. The fraction of sp³-hybridized carbons (Fsp3) is 0.538. The zero-order chi connectivity index (χ0) is 13.4. The van der Waals surface area contributed by atoms with Crippen LogP contribution in [0.3, 0.4) is 0 Å². The van der Waals surface area contributed by atoms with E-state index in [4.69, 9.17) is 33.0 Å². The number of likely N-dealkylation sites (N-methyl/N-ethyl adjacent to an activating group) is 1. The van der Waals surface area contributed by atoms with Gasteiger partial charge < -0.3 is 14.7 Å². The molecule has 1 aromatic carbocycles. The zero-order valence-electron chi connectivity index (χ0n) is 10.5. The predicted molar refractivity (Wildman–Crippen MR) is 75.8 cm³/mol. The third-order valence-electron chi connectivity index (χ3n) is 2.64. The molecule has 0 saturated carbocycles. The third-order valence-corrected chi connectivity index (χ3v) is 3.17. The Morgan fingerprint density at radius 1 is 1.28 bits per heavy atom. The molecule has 0 saturated heterocycles. The van der Waals surface area contributed by atoms with Gasteiger partial charge in [0.1, 0.15) is 12.4 Å². The monoisotopic (exact) mass is 291 g/mol. The largest absolute Gasteiger partial charge is 0.491 e. The van der Waals surface area contributed by atoms with Gasteiger partial charge in [-0.25, -0.2) is 0 Å². The van der Waals surface area contributed by atoms with Crippen molar-refractivity contribution in [3.05, 3.63) is 28.2 Å². The van der Waals surface area contributed by atoms with Gasteiger partial charge in [-0.05, 0) is 31.2 Å². The second-order valence-electron chi connectivity index (χ2n) is 3.93. The Balaban J connectivity index is 2.35. The van der Waals surface area contributed by atoms with Gasteiger partial charge in [0.15, 0.2) is 0 Å². The maximum atomic E-state index is 8.79. The summed E-state index contributed by atoms with van der Waals surface area (Å²) in [5, 5.41) is 9.92. The van der Waals surface area contributed by atoms with Crippen LogP contribution in [0.2, 0.25) is 10.0 Å². The Labute approximate surface area is 118 Å². The molecule has 0 unspecified atom stereocenters. The van der Waals surface area contributed by atoms with Crippen LogP contribution >= 0.6 is 23.2 Å². The summed E-state index contributed by atoms with van der Waals surface area (Å²) in [5.74, 6) is 0.652. The summed E-state index contributed by atoms with van der Waals surface area (Å²) in [5.41, 5.74) is 0. The lowest BCUT2D eigenvalue weighted by Gasteiger charge is -2.20. The summed E-state index contributed by atoms with van der Waals surface area (Å²) in [6, 6.07) is 5.20. The van der Waals surface area contributed by atoms with Crippen molar-refractivity contribution >= 4 is 23.2 Å². The second kappa shape index (κ2) is 8.59. The van der Waals surface area contributed by atoms with Crippen LogP contribution in [0.4, 0.5) is 0 Å². The van der Waals surface area contributed by atoms with E-state index in [1.807, 2.05) is 0 Å². The second-order valence-corrected chi connectivity index (χ2v) is 4.78. The molecule has 0 aliphatic heterocycles. The molecular weight excluding hydrogens is 273 g/mol. The molecule has 1 N–H and O–H groups in total. The Hall–Kier alpha value is -0.480. The van der Waals surface area contributed by atoms with Crippen molar-refractivity contribution in [2.24, 2.45) is 0 Å². The number of hydrogen-bond acceptors (Lipinski definition) is 3. The lowest BCUT2D eigenvalue weighted by atomic mass is 10.3. The molecule has 0 heterocycles. The summed E-state index contributed by atoms with van der Waals surface area (Å²) in [7, 11) is 0. The van der Waals surface area contributed by atoms with E-state index in [1.165, 1.54) is 0 Å². The first-order valence-corrected chi connectivity index (χ1v) is 6.84. The van der Waals surface area contributed by atoms with Gasteiger partial charge in [0.2, 0.25) is 0 Å². The summed E-state index contributed by atoms with van der Waals surface area (Å²) in [4.78, 5) is 2.22. The van der Waals surface area contributed by atoms with Crippen LogP contribution in [0.15, 0.2) is 18.2 Å². The molecule has 0 aliphatic carbocycles. The van der Waals surface area contributed by atoms with Crippen LogP contribution in [0.25, 0.3) is 0 Å². The molecule has 0 radical (unpaired) electrons. The molecule has 0 aliphatic rings. The van der Waals surface area contributed by atoms with E-state index in [1.54, 1.807) is 18.2 Å². The topological polar surface area (TPSA) is 32.7 Å². The highest BCUT2D eigenvalue weighted by Crippen LogP contribution is 2.27. The van der Waals surface area contributed by atoms with E-state index in [0.29, 0.717) is 22.4 Å². The molecule has 0 aromatic heterocycles. The molecule has 1 aromatic rings.